The zero-order valence-corrected chi connectivity index (χ0v) is 26.6. The van der Waals surface area contributed by atoms with Crippen molar-refractivity contribution in [3.63, 3.8) is 0 Å². The first-order chi connectivity index (χ1) is 23.0. The van der Waals surface area contributed by atoms with E-state index in [4.69, 9.17) is 4.74 Å². The molecule has 0 aliphatic carbocycles. The van der Waals surface area contributed by atoms with Crippen molar-refractivity contribution in [3.8, 4) is 23.0 Å². The van der Waals surface area contributed by atoms with E-state index in [0.29, 0.717) is 60.6 Å². The van der Waals surface area contributed by atoms with Crippen molar-refractivity contribution in [1.29, 1.82) is 0 Å². The number of halogens is 3. The Labute approximate surface area is 275 Å². The van der Waals surface area contributed by atoms with Gasteiger partial charge in [0.2, 0.25) is 11.8 Å². The molecular formula is C35H34F3N7O3. The van der Waals surface area contributed by atoms with Gasteiger partial charge in [-0.25, -0.2) is 4.98 Å². The molecule has 248 valence electrons. The van der Waals surface area contributed by atoms with Crippen LogP contribution in [-0.2, 0) is 18.0 Å². The average Bonchev–Trinajstić information content (AvgIpc) is 3.45. The van der Waals surface area contributed by atoms with Gasteiger partial charge < -0.3 is 24.8 Å². The van der Waals surface area contributed by atoms with Crippen LogP contribution in [-0.4, -0.2) is 51.0 Å². The third-order valence-electron chi connectivity index (χ3n) is 8.42. The van der Waals surface area contributed by atoms with E-state index in [1.54, 1.807) is 35.5 Å². The molecule has 1 aliphatic rings. The lowest BCUT2D eigenvalue weighted by atomic mass is 9.95. The quantitative estimate of drug-likeness (QED) is 0.190. The zero-order chi connectivity index (χ0) is 34.0. The van der Waals surface area contributed by atoms with Gasteiger partial charge in [-0.1, -0.05) is 6.07 Å². The number of nitrogens with zero attached hydrogens (tertiary/aromatic N) is 5. The molecule has 0 spiro atoms. The maximum Gasteiger partial charge on any atom is 0.418 e. The minimum absolute atomic E-state index is 0.0158. The number of hydrogen-bond donors (Lipinski definition) is 2. The Balaban J connectivity index is 1.22. The number of hydrogen-bond acceptors (Lipinski definition) is 7. The molecule has 0 atom stereocenters. The van der Waals surface area contributed by atoms with E-state index in [0.717, 1.165) is 11.6 Å². The van der Waals surface area contributed by atoms with Crippen LogP contribution in [0.5, 0.6) is 11.6 Å². The van der Waals surface area contributed by atoms with Gasteiger partial charge in [-0.3, -0.25) is 14.6 Å². The number of benzene rings is 2. The van der Waals surface area contributed by atoms with Crippen molar-refractivity contribution in [2.75, 3.05) is 29.9 Å². The highest BCUT2D eigenvalue weighted by Crippen LogP contribution is 2.40. The summed E-state index contributed by atoms with van der Waals surface area (Å²) in [6.07, 6.45) is 1.82. The number of aromatic nitrogens is 4. The summed E-state index contributed by atoms with van der Waals surface area (Å²) in [5.74, 6) is 0.533. The van der Waals surface area contributed by atoms with Gasteiger partial charge in [0.05, 0.1) is 11.1 Å². The van der Waals surface area contributed by atoms with Crippen LogP contribution >= 0.6 is 0 Å². The van der Waals surface area contributed by atoms with Crippen molar-refractivity contribution in [2.24, 2.45) is 13.0 Å². The normalized spacial score (nSPS) is 13.8. The van der Waals surface area contributed by atoms with Gasteiger partial charge in [0, 0.05) is 74.7 Å². The summed E-state index contributed by atoms with van der Waals surface area (Å²) in [5, 5.41) is 5.41. The van der Waals surface area contributed by atoms with Crippen LogP contribution in [0.15, 0.2) is 73.2 Å². The molecule has 0 radical (unpaired) electrons. The van der Waals surface area contributed by atoms with Gasteiger partial charge >= 0.3 is 6.18 Å². The Morgan fingerprint density at radius 2 is 1.83 bits per heavy atom. The molecule has 48 heavy (non-hydrogen) atoms. The predicted molar refractivity (Wildman–Crippen MR) is 176 cm³/mol. The number of pyridine rings is 1. The van der Waals surface area contributed by atoms with Crippen LogP contribution in [0.3, 0.4) is 0 Å². The largest absolute Gasteiger partial charge is 0.437 e. The molecule has 1 saturated heterocycles. The number of carbonyl (C=O) groups excluding carboxylic acids is 2. The number of piperidine rings is 1. The standard InChI is InChI=1S/C35H34F3N7O3/c1-21-6-7-24(17-30(21)48-34-31-28(12-14-44(31)3)42-32(43-34)25-5-4-13-39-20-25)33(47)41-26-8-9-29(27(18-26)35(36,37)38)45-15-10-23(11-16-45)19-40-22(2)46/h4-9,12-14,17-18,20,23H,10-11,15-16,19H2,1-3H3,(H,40,46)(H,41,47). The molecule has 4 heterocycles. The molecule has 2 N–H and O–H groups in total. The van der Waals surface area contributed by atoms with Crippen molar-refractivity contribution in [3.05, 3.63) is 89.9 Å². The third kappa shape index (κ3) is 7.09. The number of rotatable bonds is 8. The number of aryl methyl sites for hydroxylation is 2. The van der Waals surface area contributed by atoms with Gasteiger partial charge in [-0.2, -0.15) is 18.2 Å². The fourth-order valence-corrected chi connectivity index (χ4v) is 5.79. The first kappa shape index (κ1) is 32.5. The number of ether oxygens (including phenoxy) is 1. The summed E-state index contributed by atoms with van der Waals surface area (Å²) in [5.41, 5.74) is 2.18. The Hall–Kier alpha value is -5.46. The molecular weight excluding hydrogens is 623 g/mol. The number of amides is 2. The van der Waals surface area contributed by atoms with Gasteiger partial charge in [0.25, 0.3) is 5.91 Å². The Kier molecular flexibility index (Phi) is 9.03. The van der Waals surface area contributed by atoms with Crippen LogP contribution < -0.4 is 20.3 Å². The fraction of sp³-hybridized carbons (Fsp3) is 0.286. The molecule has 0 unspecified atom stereocenters. The Morgan fingerprint density at radius 3 is 2.54 bits per heavy atom. The van der Waals surface area contributed by atoms with Crippen LogP contribution in [0.25, 0.3) is 22.4 Å². The number of carbonyl (C=O) groups is 2. The van der Waals surface area contributed by atoms with E-state index >= 15 is 0 Å². The van der Waals surface area contributed by atoms with Gasteiger partial charge in [0.15, 0.2) is 5.82 Å². The maximum absolute atomic E-state index is 14.3. The minimum Gasteiger partial charge on any atom is -0.437 e. The predicted octanol–water partition coefficient (Wildman–Crippen LogP) is 6.75. The molecule has 3 aromatic heterocycles. The summed E-state index contributed by atoms with van der Waals surface area (Å²) >= 11 is 0. The molecule has 6 rings (SSSR count). The van der Waals surface area contributed by atoms with E-state index in [2.05, 4.69) is 25.6 Å². The highest BCUT2D eigenvalue weighted by molar-refractivity contribution is 6.04. The van der Waals surface area contributed by atoms with Crippen molar-refractivity contribution in [2.45, 2.75) is 32.9 Å². The van der Waals surface area contributed by atoms with Crippen LogP contribution in [0.4, 0.5) is 24.5 Å². The van der Waals surface area contributed by atoms with Crippen LogP contribution in [0.2, 0.25) is 0 Å². The molecule has 1 fully saturated rings. The molecule has 0 saturated carbocycles. The summed E-state index contributed by atoms with van der Waals surface area (Å²) in [6.45, 7) is 4.62. The third-order valence-corrected chi connectivity index (χ3v) is 8.42. The second-order valence-corrected chi connectivity index (χ2v) is 11.9. The second-order valence-electron chi connectivity index (χ2n) is 11.9. The van der Waals surface area contributed by atoms with Crippen molar-refractivity contribution < 1.29 is 27.5 Å². The van der Waals surface area contributed by atoms with Crippen LogP contribution in [0.1, 0.15) is 41.3 Å². The summed E-state index contributed by atoms with van der Waals surface area (Å²) < 4.78 is 50.9. The second kappa shape index (κ2) is 13.3. The summed E-state index contributed by atoms with van der Waals surface area (Å²) in [4.78, 5) is 39.8. The van der Waals surface area contributed by atoms with E-state index < -0.39 is 17.6 Å². The van der Waals surface area contributed by atoms with E-state index in [-0.39, 0.29) is 34.6 Å². The Morgan fingerprint density at radius 1 is 1.04 bits per heavy atom. The monoisotopic (exact) mass is 657 g/mol. The summed E-state index contributed by atoms with van der Waals surface area (Å²) in [6, 6.07) is 14.1. The topological polar surface area (TPSA) is 114 Å². The molecule has 5 aromatic rings. The molecule has 13 heteroatoms. The molecule has 10 nitrogen and oxygen atoms in total. The van der Waals surface area contributed by atoms with Crippen molar-refractivity contribution in [1.82, 2.24) is 24.8 Å². The van der Waals surface area contributed by atoms with Gasteiger partial charge in [-0.05, 0) is 79.8 Å². The summed E-state index contributed by atoms with van der Waals surface area (Å²) in [7, 11) is 1.84. The van der Waals surface area contributed by atoms with Gasteiger partial charge in [0.1, 0.15) is 11.3 Å². The maximum atomic E-state index is 14.3. The highest BCUT2D eigenvalue weighted by atomic mass is 19.4. The van der Waals surface area contributed by atoms with E-state index in [9.17, 15) is 22.8 Å². The lowest BCUT2D eigenvalue weighted by Gasteiger charge is -2.35. The smallest absolute Gasteiger partial charge is 0.418 e. The SMILES string of the molecule is CC(=O)NCC1CCN(c2ccc(NC(=O)c3ccc(C)c(Oc4nc(-c5cccnc5)nc5ccn(C)c45)c3)cc2C(F)(F)F)CC1. The lowest BCUT2D eigenvalue weighted by Crippen LogP contribution is -2.39. The molecule has 2 amide bonds. The lowest BCUT2D eigenvalue weighted by molar-refractivity contribution is -0.137. The fourth-order valence-electron chi connectivity index (χ4n) is 5.79. The average molecular weight is 658 g/mol. The van der Waals surface area contributed by atoms with Crippen molar-refractivity contribution >= 4 is 34.2 Å². The number of anilines is 2. The highest BCUT2D eigenvalue weighted by Gasteiger charge is 2.36. The molecule has 1 aliphatic heterocycles. The van der Waals surface area contributed by atoms with E-state index in [1.807, 2.05) is 36.9 Å². The van der Waals surface area contributed by atoms with Gasteiger partial charge in [-0.15, -0.1) is 0 Å². The first-order valence-electron chi connectivity index (χ1n) is 15.5. The molecule has 0 bridgehead atoms. The van der Waals surface area contributed by atoms with Crippen LogP contribution in [0, 0.1) is 12.8 Å². The zero-order valence-electron chi connectivity index (χ0n) is 26.6. The number of alkyl halides is 3. The molecule has 2 aromatic carbocycles. The number of fused-ring (bicyclic) bond motifs is 1. The minimum atomic E-state index is -4.64. The number of nitrogens with one attached hydrogen (secondary N) is 2. The van der Waals surface area contributed by atoms with E-state index in [1.165, 1.54) is 25.1 Å². The first-order valence-corrected chi connectivity index (χ1v) is 15.5. The Bertz CT molecular complexity index is 1970.